The molecule has 0 aromatic carbocycles. The third-order valence-electron chi connectivity index (χ3n) is 4.98. The van der Waals surface area contributed by atoms with Crippen LogP contribution in [-0.2, 0) is 16.4 Å². The van der Waals surface area contributed by atoms with Crippen LogP contribution >= 0.6 is 22.9 Å². The molecule has 1 atom stereocenters. The van der Waals surface area contributed by atoms with Gasteiger partial charge < -0.3 is 10.0 Å². The Bertz CT molecular complexity index is 819. The highest BCUT2D eigenvalue weighted by molar-refractivity contribution is 7.90. The van der Waals surface area contributed by atoms with Gasteiger partial charge in [0.15, 0.2) is 5.25 Å². The number of nitrogens with zero attached hydrogens (tertiary/aromatic N) is 1. The fourth-order valence-corrected chi connectivity index (χ4v) is 6.17. The number of carbonyl (C=O) groups is 1. The van der Waals surface area contributed by atoms with E-state index in [-0.39, 0.29) is 27.2 Å². The summed E-state index contributed by atoms with van der Waals surface area (Å²) in [6.45, 7) is 5.23. The number of piperidine rings is 1. The second kappa shape index (κ2) is 9.51. The molecule has 12 heteroatoms. The molecule has 0 bridgehead atoms. The van der Waals surface area contributed by atoms with Crippen molar-refractivity contribution in [2.45, 2.75) is 63.0 Å². The van der Waals surface area contributed by atoms with Gasteiger partial charge in [-0.1, -0.05) is 11.6 Å². The summed E-state index contributed by atoms with van der Waals surface area (Å²) in [5.74, 6) is -1.31. The fourth-order valence-electron chi connectivity index (χ4n) is 3.39. The molecule has 1 aromatic heterocycles. The average Bonchev–Trinajstić information content (AvgIpc) is 2.94. The van der Waals surface area contributed by atoms with Crippen molar-refractivity contribution in [1.29, 1.82) is 0 Å². The summed E-state index contributed by atoms with van der Waals surface area (Å²) in [6.07, 6.45) is -5.25. The lowest BCUT2D eigenvalue weighted by Crippen LogP contribution is -2.51. The zero-order valence-corrected chi connectivity index (χ0v) is 18.4. The quantitative estimate of drug-likeness (QED) is 0.596. The predicted octanol–water partition coefficient (Wildman–Crippen LogP) is 3.76. The number of carboxylic acids is 1. The number of nitrogens with one attached hydrogen (secondary N) is 1. The highest BCUT2D eigenvalue weighted by atomic mass is 35.5. The Morgan fingerprint density at radius 1 is 1.38 bits per heavy atom. The molecule has 2 rings (SSSR count). The number of aryl methyl sites for hydroxylation is 1. The van der Waals surface area contributed by atoms with E-state index in [4.69, 9.17) is 16.7 Å². The predicted molar refractivity (Wildman–Crippen MR) is 106 cm³/mol. The maximum atomic E-state index is 13.5. The van der Waals surface area contributed by atoms with Crippen LogP contribution in [0.4, 0.5) is 13.2 Å². The highest BCUT2D eigenvalue weighted by Gasteiger charge is 2.49. The second-order valence-corrected chi connectivity index (χ2v) is 10.9. The Balaban J connectivity index is 2.10. The van der Waals surface area contributed by atoms with Crippen molar-refractivity contribution in [2.75, 3.05) is 13.1 Å². The summed E-state index contributed by atoms with van der Waals surface area (Å²) in [6, 6.07) is 1.01. The van der Waals surface area contributed by atoms with E-state index < -0.39 is 39.9 Å². The summed E-state index contributed by atoms with van der Waals surface area (Å²) in [4.78, 5) is 13.2. The minimum absolute atomic E-state index is 0.0993. The van der Waals surface area contributed by atoms with Crippen molar-refractivity contribution in [2.24, 2.45) is 0 Å². The van der Waals surface area contributed by atoms with E-state index in [0.717, 1.165) is 11.3 Å². The van der Waals surface area contributed by atoms with Gasteiger partial charge in [0.1, 0.15) is 4.88 Å². The summed E-state index contributed by atoms with van der Waals surface area (Å²) in [5, 5.41) is 6.51. The number of aromatic carboxylic acids is 1. The zero-order chi connectivity index (χ0) is 22.0. The first-order chi connectivity index (χ1) is 13.3. The third kappa shape index (κ3) is 6.55. The molecular formula is C17H24ClF3N2O4S2. The average molecular weight is 477 g/mol. The minimum Gasteiger partial charge on any atom is -0.477 e. The first-order valence-electron chi connectivity index (χ1n) is 9.14. The van der Waals surface area contributed by atoms with Crippen LogP contribution in [0.3, 0.4) is 0 Å². The maximum absolute atomic E-state index is 13.5. The molecule has 0 aliphatic carbocycles. The molecule has 0 spiro atoms. The molecule has 2 N–H and O–H groups in total. The lowest BCUT2D eigenvalue weighted by molar-refractivity contribution is -0.131. The van der Waals surface area contributed by atoms with Crippen molar-refractivity contribution >= 4 is 38.9 Å². The van der Waals surface area contributed by atoms with E-state index in [0.29, 0.717) is 25.9 Å². The first kappa shape index (κ1) is 24.4. The Morgan fingerprint density at radius 2 is 1.97 bits per heavy atom. The van der Waals surface area contributed by atoms with Crippen molar-refractivity contribution in [3.8, 4) is 0 Å². The SMILES string of the molecule is CC(C)N1CCC(NS(=O)(=O)C(CCc2cc(Cl)sc2C(=O)O)C(F)(F)F)CC1. The van der Waals surface area contributed by atoms with Gasteiger partial charge >= 0.3 is 12.1 Å². The maximum Gasteiger partial charge on any atom is 0.406 e. The van der Waals surface area contributed by atoms with Crippen molar-refractivity contribution in [3.63, 3.8) is 0 Å². The highest BCUT2D eigenvalue weighted by Crippen LogP contribution is 2.33. The number of halogens is 4. The van der Waals surface area contributed by atoms with Gasteiger partial charge in [0.05, 0.1) is 4.34 Å². The molecule has 2 heterocycles. The Kier molecular flexibility index (Phi) is 7.99. The number of thiophene rings is 1. The summed E-state index contributed by atoms with van der Waals surface area (Å²) in [7, 11) is -4.68. The normalized spacial score (nSPS) is 18.3. The second-order valence-electron chi connectivity index (χ2n) is 7.35. The van der Waals surface area contributed by atoms with Gasteiger partial charge in [-0.05, 0) is 64.3 Å². The minimum atomic E-state index is -4.98. The van der Waals surface area contributed by atoms with E-state index in [2.05, 4.69) is 9.62 Å². The van der Waals surface area contributed by atoms with E-state index >= 15 is 0 Å². The fraction of sp³-hybridized carbons (Fsp3) is 0.706. The van der Waals surface area contributed by atoms with Crippen LogP contribution in [0, 0.1) is 0 Å². The molecule has 1 unspecified atom stereocenters. The van der Waals surface area contributed by atoms with Crippen LogP contribution in [0.25, 0.3) is 0 Å². The van der Waals surface area contributed by atoms with Gasteiger partial charge in [0, 0.05) is 12.1 Å². The van der Waals surface area contributed by atoms with Gasteiger partial charge in [0.25, 0.3) is 0 Å². The van der Waals surface area contributed by atoms with Crippen LogP contribution in [0.15, 0.2) is 6.07 Å². The van der Waals surface area contributed by atoms with Crippen molar-refractivity contribution in [1.82, 2.24) is 9.62 Å². The number of rotatable bonds is 8. The van der Waals surface area contributed by atoms with Gasteiger partial charge in [-0.2, -0.15) is 13.2 Å². The number of sulfonamides is 1. The lowest BCUT2D eigenvalue weighted by Gasteiger charge is -2.35. The largest absolute Gasteiger partial charge is 0.477 e. The summed E-state index contributed by atoms with van der Waals surface area (Å²) < 4.78 is 68.0. The van der Waals surface area contributed by atoms with Crippen LogP contribution in [0.2, 0.25) is 4.34 Å². The molecule has 1 saturated heterocycles. The van der Waals surface area contributed by atoms with E-state index in [1.807, 2.05) is 13.8 Å². The topological polar surface area (TPSA) is 86.7 Å². The van der Waals surface area contributed by atoms with Gasteiger partial charge in [-0.25, -0.2) is 17.9 Å². The standard InChI is InChI=1S/C17H24ClF3N2O4S2/c1-10(2)23-7-5-12(6-8-23)22-29(26,27)13(17(19,20)21)4-3-11-9-14(18)28-15(11)16(24)25/h9-10,12-13,22H,3-8H2,1-2H3,(H,24,25). The molecule has 0 saturated carbocycles. The van der Waals surface area contributed by atoms with Crippen LogP contribution in [-0.4, -0.2) is 61.0 Å². The molecular weight excluding hydrogens is 453 g/mol. The van der Waals surface area contributed by atoms with Crippen LogP contribution in [0.1, 0.15) is 48.3 Å². The van der Waals surface area contributed by atoms with E-state index in [1.165, 1.54) is 6.07 Å². The summed E-state index contributed by atoms with van der Waals surface area (Å²) in [5.41, 5.74) is 0.0993. The van der Waals surface area contributed by atoms with Crippen LogP contribution in [0.5, 0.6) is 0 Å². The molecule has 166 valence electrons. The van der Waals surface area contributed by atoms with E-state index in [1.54, 1.807) is 0 Å². The Labute approximate surface area is 177 Å². The Hall–Kier alpha value is -0.880. The molecule has 0 radical (unpaired) electrons. The molecule has 1 aliphatic rings. The monoisotopic (exact) mass is 476 g/mol. The number of carboxylic acid groups (broad SMARTS) is 1. The van der Waals surface area contributed by atoms with E-state index in [9.17, 15) is 26.4 Å². The van der Waals surface area contributed by atoms with Gasteiger partial charge in [-0.3, -0.25) is 0 Å². The van der Waals surface area contributed by atoms with Gasteiger partial charge in [-0.15, -0.1) is 11.3 Å². The van der Waals surface area contributed by atoms with Gasteiger partial charge in [0.2, 0.25) is 10.0 Å². The van der Waals surface area contributed by atoms with Crippen molar-refractivity contribution < 1.29 is 31.5 Å². The van der Waals surface area contributed by atoms with Crippen molar-refractivity contribution in [3.05, 3.63) is 20.8 Å². The molecule has 6 nitrogen and oxygen atoms in total. The zero-order valence-electron chi connectivity index (χ0n) is 16.0. The van der Waals surface area contributed by atoms with Crippen LogP contribution < -0.4 is 4.72 Å². The molecule has 1 aromatic rings. The first-order valence-corrected chi connectivity index (χ1v) is 11.9. The summed E-state index contributed by atoms with van der Waals surface area (Å²) >= 11 is 6.50. The number of likely N-dealkylation sites (tertiary alicyclic amines) is 1. The third-order valence-corrected chi connectivity index (χ3v) is 8.19. The smallest absolute Gasteiger partial charge is 0.406 e. The molecule has 29 heavy (non-hydrogen) atoms. The Morgan fingerprint density at radius 3 is 2.45 bits per heavy atom. The number of hydrogen-bond donors (Lipinski definition) is 2. The molecule has 0 amide bonds. The number of alkyl halides is 3. The molecule has 1 fully saturated rings. The lowest BCUT2D eigenvalue weighted by atomic mass is 10.1. The number of hydrogen-bond acceptors (Lipinski definition) is 5. The molecule has 1 aliphatic heterocycles.